The predicted octanol–water partition coefficient (Wildman–Crippen LogP) is 1.21. The fraction of sp³-hybridized carbons (Fsp3) is 0.222. The number of nitro groups is 1. The Labute approximate surface area is 155 Å². The lowest BCUT2D eigenvalue weighted by Gasteiger charge is -2.20. The van der Waals surface area contributed by atoms with Gasteiger partial charge in [-0.2, -0.15) is 0 Å². The van der Waals surface area contributed by atoms with Gasteiger partial charge in [0.15, 0.2) is 12.6 Å². The number of quaternary nitrogens is 1. The van der Waals surface area contributed by atoms with Gasteiger partial charge in [0.2, 0.25) is 0 Å². The first-order chi connectivity index (χ1) is 12.8. The van der Waals surface area contributed by atoms with Gasteiger partial charge < -0.3 is 15.5 Å². The highest BCUT2D eigenvalue weighted by atomic mass is 19.1. The van der Waals surface area contributed by atoms with E-state index in [2.05, 4.69) is 10.6 Å². The van der Waals surface area contributed by atoms with Gasteiger partial charge in [0, 0.05) is 11.8 Å². The smallest absolute Gasteiger partial charge is 0.292 e. The molecule has 0 saturated carbocycles. The van der Waals surface area contributed by atoms with Gasteiger partial charge in [-0.1, -0.05) is 18.2 Å². The maximum atomic E-state index is 13.2. The van der Waals surface area contributed by atoms with E-state index in [1.807, 2.05) is 0 Å². The van der Waals surface area contributed by atoms with Crippen LogP contribution in [0.4, 0.5) is 21.5 Å². The monoisotopic (exact) mass is 375 g/mol. The number of carbonyl (C=O) groups is 2. The number of anilines is 2. The molecule has 0 aliphatic rings. The lowest BCUT2D eigenvalue weighted by molar-refractivity contribution is -0.885. The summed E-state index contributed by atoms with van der Waals surface area (Å²) >= 11 is 0. The summed E-state index contributed by atoms with van der Waals surface area (Å²) in [6.45, 7) is 1.57. The molecule has 2 amide bonds. The van der Waals surface area contributed by atoms with Crippen LogP contribution < -0.4 is 15.5 Å². The normalized spacial score (nSPS) is 12.7. The molecule has 142 valence electrons. The highest BCUT2D eigenvalue weighted by Crippen LogP contribution is 2.23. The van der Waals surface area contributed by atoms with Gasteiger partial charge in [0.25, 0.3) is 17.5 Å². The standard InChI is InChI=1S/C18H19FN4O4/c1-12(18(25)21-15-8-3-4-9-16(15)23(26)27)22(2)11-17(24)20-14-7-5-6-13(19)10-14/h3-10,12H,11H2,1-2H3,(H,20,24)(H,21,25)/p+1/t12-/m0/s1. The van der Waals surface area contributed by atoms with Crippen LogP contribution >= 0.6 is 0 Å². The minimum absolute atomic E-state index is 0.0397. The maximum Gasteiger partial charge on any atom is 0.292 e. The van der Waals surface area contributed by atoms with E-state index in [0.29, 0.717) is 10.6 Å². The number of nitro benzene ring substituents is 1. The van der Waals surface area contributed by atoms with Crippen LogP contribution in [0.25, 0.3) is 0 Å². The van der Waals surface area contributed by atoms with Crippen LogP contribution in [0.3, 0.4) is 0 Å². The van der Waals surface area contributed by atoms with Crippen LogP contribution in [0.1, 0.15) is 6.92 Å². The number of benzene rings is 2. The lowest BCUT2D eigenvalue weighted by Crippen LogP contribution is -3.14. The van der Waals surface area contributed by atoms with Crippen molar-refractivity contribution >= 4 is 28.9 Å². The Hall–Kier alpha value is -3.33. The Morgan fingerprint density at radius 1 is 1.19 bits per heavy atom. The van der Waals surface area contributed by atoms with E-state index in [9.17, 15) is 24.1 Å². The molecule has 1 unspecified atom stereocenters. The molecule has 0 fully saturated rings. The summed E-state index contributed by atoms with van der Waals surface area (Å²) in [5.74, 6) is -1.31. The highest BCUT2D eigenvalue weighted by molar-refractivity contribution is 5.96. The zero-order valence-corrected chi connectivity index (χ0v) is 14.9. The number of likely N-dealkylation sites (N-methyl/N-ethyl adjacent to an activating group) is 1. The summed E-state index contributed by atoms with van der Waals surface area (Å²) in [4.78, 5) is 35.5. The van der Waals surface area contributed by atoms with E-state index >= 15 is 0 Å². The SMILES string of the molecule is C[C@@H](C(=O)Nc1ccccc1[N+](=O)[O-])[NH+](C)CC(=O)Nc1cccc(F)c1. The fourth-order valence-electron chi connectivity index (χ4n) is 2.38. The molecule has 0 saturated heterocycles. The number of rotatable bonds is 7. The van der Waals surface area contributed by atoms with E-state index < -0.39 is 22.7 Å². The average molecular weight is 375 g/mol. The molecule has 9 heteroatoms. The van der Waals surface area contributed by atoms with Gasteiger partial charge in [0.1, 0.15) is 11.5 Å². The van der Waals surface area contributed by atoms with Crippen LogP contribution in [0.5, 0.6) is 0 Å². The van der Waals surface area contributed by atoms with Crippen LogP contribution in [0.2, 0.25) is 0 Å². The van der Waals surface area contributed by atoms with Gasteiger partial charge in [-0.3, -0.25) is 19.7 Å². The Kier molecular flexibility index (Phi) is 6.56. The largest absolute Gasteiger partial charge is 0.321 e. The third-order valence-corrected chi connectivity index (χ3v) is 4.04. The van der Waals surface area contributed by atoms with Crippen molar-refractivity contribution in [2.45, 2.75) is 13.0 Å². The van der Waals surface area contributed by atoms with Gasteiger partial charge >= 0.3 is 0 Å². The van der Waals surface area contributed by atoms with E-state index in [1.165, 1.54) is 36.4 Å². The molecule has 0 aliphatic carbocycles. The van der Waals surface area contributed by atoms with E-state index in [0.717, 1.165) is 0 Å². The van der Waals surface area contributed by atoms with Crippen LogP contribution in [-0.4, -0.2) is 36.4 Å². The minimum atomic E-state index is -0.650. The second kappa shape index (κ2) is 8.86. The lowest BCUT2D eigenvalue weighted by atomic mass is 10.2. The molecule has 0 spiro atoms. The zero-order chi connectivity index (χ0) is 20.0. The number of nitrogens with one attached hydrogen (secondary N) is 3. The summed E-state index contributed by atoms with van der Waals surface area (Å²) in [5.41, 5.74) is 0.209. The van der Waals surface area contributed by atoms with E-state index in [4.69, 9.17) is 0 Å². The molecule has 0 aromatic heterocycles. The quantitative estimate of drug-likeness (QED) is 0.500. The van der Waals surface area contributed by atoms with Crippen molar-refractivity contribution in [2.24, 2.45) is 0 Å². The molecule has 0 bridgehead atoms. The van der Waals surface area contributed by atoms with Crippen molar-refractivity contribution in [1.82, 2.24) is 0 Å². The van der Waals surface area contributed by atoms with Crippen LogP contribution in [0.15, 0.2) is 48.5 Å². The summed E-state index contributed by atoms with van der Waals surface area (Å²) in [6, 6.07) is 10.7. The third-order valence-electron chi connectivity index (χ3n) is 4.04. The Balaban J connectivity index is 1.96. The number of amides is 2. The van der Waals surface area contributed by atoms with Crippen molar-refractivity contribution in [2.75, 3.05) is 24.2 Å². The van der Waals surface area contributed by atoms with Crippen LogP contribution in [0, 0.1) is 15.9 Å². The van der Waals surface area contributed by atoms with Gasteiger partial charge in [0.05, 0.1) is 12.0 Å². The van der Waals surface area contributed by atoms with Gasteiger partial charge in [-0.15, -0.1) is 0 Å². The molecule has 2 atom stereocenters. The summed E-state index contributed by atoms with van der Waals surface area (Å²) in [5, 5.41) is 16.1. The third kappa shape index (κ3) is 5.58. The number of hydrogen-bond donors (Lipinski definition) is 3. The average Bonchev–Trinajstić information content (AvgIpc) is 2.61. The first kappa shape index (κ1) is 20.0. The summed E-state index contributed by atoms with van der Waals surface area (Å²) in [7, 11) is 1.65. The van der Waals surface area contributed by atoms with Crippen molar-refractivity contribution in [3.05, 3.63) is 64.5 Å². The number of halogens is 1. The first-order valence-corrected chi connectivity index (χ1v) is 8.20. The molecule has 2 aromatic rings. The summed E-state index contributed by atoms with van der Waals surface area (Å²) < 4.78 is 13.2. The minimum Gasteiger partial charge on any atom is -0.321 e. The Morgan fingerprint density at radius 3 is 2.56 bits per heavy atom. The maximum absolute atomic E-state index is 13.2. The molecule has 0 radical (unpaired) electrons. The fourth-order valence-corrected chi connectivity index (χ4v) is 2.38. The van der Waals surface area contributed by atoms with Crippen LogP contribution in [-0.2, 0) is 9.59 Å². The van der Waals surface area contributed by atoms with Crippen molar-refractivity contribution in [1.29, 1.82) is 0 Å². The molecular weight excluding hydrogens is 355 g/mol. The molecule has 27 heavy (non-hydrogen) atoms. The van der Waals surface area contributed by atoms with Gasteiger partial charge in [-0.25, -0.2) is 4.39 Å². The molecule has 0 aliphatic heterocycles. The molecular formula is C18H20FN4O4+. The first-order valence-electron chi connectivity index (χ1n) is 8.20. The van der Waals surface area contributed by atoms with Crippen molar-refractivity contribution in [3.63, 3.8) is 0 Å². The number of carbonyl (C=O) groups excluding carboxylic acids is 2. The predicted molar refractivity (Wildman–Crippen MR) is 98.0 cm³/mol. The molecule has 3 N–H and O–H groups in total. The van der Waals surface area contributed by atoms with Crippen molar-refractivity contribution in [3.8, 4) is 0 Å². The second-order valence-electron chi connectivity index (χ2n) is 6.07. The van der Waals surface area contributed by atoms with E-state index in [1.54, 1.807) is 26.1 Å². The molecule has 2 aromatic carbocycles. The highest BCUT2D eigenvalue weighted by Gasteiger charge is 2.26. The number of nitrogens with zero attached hydrogens (tertiary/aromatic N) is 1. The van der Waals surface area contributed by atoms with Gasteiger partial charge in [-0.05, 0) is 31.2 Å². The second-order valence-corrected chi connectivity index (χ2v) is 6.07. The topological polar surface area (TPSA) is 106 Å². The zero-order valence-electron chi connectivity index (χ0n) is 14.9. The molecule has 0 heterocycles. The Morgan fingerprint density at radius 2 is 1.89 bits per heavy atom. The molecule has 8 nitrogen and oxygen atoms in total. The van der Waals surface area contributed by atoms with E-state index in [-0.39, 0.29) is 23.8 Å². The Bertz CT molecular complexity index is 859. The van der Waals surface area contributed by atoms with Crippen molar-refractivity contribution < 1.29 is 23.8 Å². The number of para-hydroxylation sites is 2. The molecule has 2 rings (SSSR count). The summed E-state index contributed by atoms with van der Waals surface area (Å²) in [6.07, 6.45) is 0. The number of hydrogen-bond acceptors (Lipinski definition) is 4.